The van der Waals surface area contributed by atoms with Crippen molar-refractivity contribution in [2.24, 2.45) is 5.92 Å². The summed E-state index contributed by atoms with van der Waals surface area (Å²) in [6.45, 7) is 6.02. The van der Waals surface area contributed by atoms with Crippen LogP contribution in [0.4, 0.5) is 17.5 Å². The molecule has 2 N–H and O–H groups in total. The summed E-state index contributed by atoms with van der Waals surface area (Å²) in [7, 11) is 1.90. The minimum atomic E-state index is -0.215. The predicted octanol–water partition coefficient (Wildman–Crippen LogP) is 2.16. The molecule has 1 amide bonds. The third-order valence-electron chi connectivity index (χ3n) is 4.76. The SMILES string of the molecule is CCC1CC(Nc2nc(C)c3c(n2)N(C)[C@@H](C)C(=O)N3)C1. The number of aromatic nitrogens is 2. The first kappa shape index (κ1) is 14.1. The van der Waals surface area contributed by atoms with E-state index >= 15 is 0 Å². The molecule has 21 heavy (non-hydrogen) atoms. The van der Waals surface area contributed by atoms with E-state index in [9.17, 15) is 4.79 Å². The fraction of sp³-hybridized carbons (Fsp3) is 0.667. The maximum atomic E-state index is 11.9. The minimum Gasteiger partial charge on any atom is -0.351 e. The summed E-state index contributed by atoms with van der Waals surface area (Å²) in [6, 6.07) is 0.265. The van der Waals surface area contributed by atoms with Crippen molar-refractivity contribution in [3.05, 3.63) is 5.69 Å². The molecule has 2 aliphatic rings. The number of nitrogens with one attached hydrogen (secondary N) is 2. The molecule has 1 aromatic rings. The molecule has 1 fully saturated rings. The normalized spacial score (nSPS) is 27.7. The highest BCUT2D eigenvalue weighted by atomic mass is 16.2. The average Bonchev–Trinajstić information content (AvgIpc) is 2.41. The Bertz CT molecular complexity index is 567. The maximum absolute atomic E-state index is 11.9. The molecule has 2 heterocycles. The number of aryl methyl sites for hydroxylation is 1. The molecule has 0 radical (unpaired) electrons. The van der Waals surface area contributed by atoms with Crippen molar-refractivity contribution >= 4 is 23.4 Å². The van der Waals surface area contributed by atoms with Gasteiger partial charge in [0, 0.05) is 13.1 Å². The zero-order chi connectivity index (χ0) is 15.1. The summed E-state index contributed by atoms with van der Waals surface area (Å²) >= 11 is 0. The highest BCUT2D eigenvalue weighted by Crippen LogP contribution is 2.35. The lowest BCUT2D eigenvalue weighted by molar-refractivity contribution is -0.117. The third-order valence-corrected chi connectivity index (χ3v) is 4.76. The second-order valence-corrected chi connectivity index (χ2v) is 6.19. The van der Waals surface area contributed by atoms with Gasteiger partial charge >= 0.3 is 0 Å². The molecule has 114 valence electrons. The first-order valence-corrected chi connectivity index (χ1v) is 7.68. The summed E-state index contributed by atoms with van der Waals surface area (Å²) in [6.07, 6.45) is 3.63. The molecule has 0 bridgehead atoms. The average molecular weight is 289 g/mol. The van der Waals surface area contributed by atoms with Gasteiger partial charge in [0.2, 0.25) is 11.9 Å². The minimum absolute atomic E-state index is 0.0119. The van der Waals surface area contributed by atoms with Crippen molar-refractivity contribution in [3.8, 4) is 0 Å². The quantitative estimate of drug-likeness (QED) is 0.892. The van der Waals surface area contributed by atoms with E-state index in [0.717, 1.165) is 23.1 Å². The van der Waals surface area contributed by atoms with Crippen molar-refractivity contribution in [2.45, 2.75) is 52.1 Å². The number of anilines is 3. The molecule has 0 saturated heterocycles. The number of hydrogen-bond donors (Lipinski definition) is 2. The summed E-state index contributed by atoms with van der Waals surface area (Å²) in [5.74, 6) is 2.29. The van der Waals surface area contributed by atoms with Crippen LogP contribution in [0.3, 0.4) is 0 Å². The molecule has 3 rings (SSSR count). The Kier molecular flexibility index (Phi) is 3.47. The van der Waals surface area contributed by atoms with E-state index < -0.39 is 0 Å². The summed E-state index contributed by atoms with van der Waals surface area (Å²) in [5.41, 5.74) is 1.53. The van der Waals surface area contributed by atoms with Crippen molar-refractivity contribution < 1.29 is 4.79 Å². The van der Waals surface area contributed by atoms with Crippen LogP contribution in [0.2, 0.25) is 0 Å². The first-order valence-electron chi connectivity index (χ1n) is 7.68. The molecule has 6 heteroatoms. The van der Waals surface area contributed by atoms with Crippen molar-refractivity contribution in [1.82, 2.24) is 9.97 Å². The van der Waals surface area contributed by atoms with Gasteiger partial charge in [0.15, 0.2) is 5.82 Å². The van der Waals surface area contributed by atoms with E-state index in [0.29, 0.717) is 12.0 Å². The number of hydrogen-bond acceptors (Lipinski definition) is 5. The van der Waals surface area contributed by atoms with Crippen LogP contribution in [0.15, 0.2) is 0 Å². The standard InChI is InChI=1S/C15H23N5O/c1-5-10-6-11(7-10)17-15-16-8(2)12-13(19-15)20(4)9(3)14(21)18-12/h9-11H,5-7H2,1-4H3,(H,18,21)(H,16,17,19)/t9-,10?,11?/m0/s1. The summed E-state index contributed by atoms with van der Waals surface area (Å²) in [5, 5.41) is 6.32. The predicted molar refractivity (Wildman–Crippen MR) is 83.7 cm³/mol. The Morgan fingerprint density at radius 3 is 2.76 bits per heavy atom. The zero-order valence-electron chi connectivity index (χ0n) is 13.1. The molecule has 1 aromatic heterocycles. The monoisotopic (exact) mass is 289 g/mol. The molecule has 0 aromatic carbocycles. The van der Waals surface area contributed by atoms with Crippen molar-refractivity contribution in [2.75, 3.05) is 22.6 Å². The van der Waals surface area contributed by atoms with Crippen molar-refractivity contribution in [1.29, 1.82) is 0 Å². The number of carbonyl (C=O) groups excluding carboxylic acids is 1. The number of fused-ring (bicyclic) bond motifs is 1. The Morgan fingerprint density at radius 2 is 2.10 bits per heavy atom. The first-order chi connectivity index (χ1) is 9.99. The van der Waals surface area contributed by atoms with Crippen LogP contribution in [0, 0.1) is 12.8 Å². The van der Waals surface area contributed by atoms with Gasteiger partial charge in [0.05, 0.1) is 5.69 Å². The largest absolute Gasteiger partial charge is 0.351 e. The van der Waals surface area contributed by atoms with Gasteiger partial charge in [-0.05, 0) is 32.6 Å². The Morgan fingerprint density at radius 1 is 1.38 bits per heavy atom. The fourth-order valence-electron chi connectivity index (χ4n) is 2.98. The molecule has 1 saturated carbocycles. The second-order valence-electron chi connectivity index (χ2n) is 6.19. The lowest BCUT2D eigenvalue weighted by Crippen LogP contribution is -2.45. The van der Waals surface area contributed by atoms with Crippen LogP contribution in [0.1, 0.15) is 38.8 Å². The third kappa shape index (κ3) is 2.43. The van der Waals surface area contributed by atoms with Crippen LogP contribution in [0.5, 0.6) is 0 Å². The zero-order valence-corrected chi connectivity index (χ0v) is 13.1. The van der Waals surface area contributed by atoms with Crippen LogP contribution in [0.25, 0.3) is 0 Å². The molecule has 1 aliphatic heterocycles. The Hall–Kier alpha value is -1.85. The van der Waals surface area contributed by atoms with Gasteiger partial charge in [0.25, 0.3) is 0 Å². The molecular formula is C15H23N5O. The lowest BCUT2D eigenvalue weighted by Gasteiger charge is -2.36. The van der Waals surface area contributed by atoms with Gasteiger partial charge in [-0.2, -0.15) is 4.98 Å². The van der Waals surface area contributed by atoms with Crippen molar-refractivity contribution in [3.63, 3.8) is 0 Å². The molecule has 0 unspecified atom stereocenters. The molecule has 1 aliphatic carbocycles. The van der Waals surface area contributed by atoms with Gasteiger partial charge in [0.1, 0.15) is 11.7 Å². The Balaban J connectivity index is 1.82. The van der Waals surface area contributed by atoms with Gasteiger partial charge in [-0.25, -0.2) is 4.98 Å². The number of amides is 1. The number of carbonyl (C=O) groups is 1. The summed E-state index contributed by atoms with van der Waals surface area (Å²) < 4.78 is 0. The molecule has 0 spiro atoms. The van der Waals surface area contributed by atoms with E-state index in [-0.39, 0.29) is 11.9 Å². The van der Waals surface area contributed by atoms with Gasteiger partial charge in [-0.15, -0.1) is 0 Å². The highest BCUT2D eigenvalue weighted by molar-refractivity contribution is 6.03. The van der Waals surface area contributed by atoms with Crippen LogP contribution in [-0.2, 0) is 4.79 Å². The van der Waals surface area contributed by atoms with E-state index in [4.69, 9.17) is 0 Å². The maximum Gasteiger partial charge on any atom is 0.246 e. The number of likely N-dealkylation sites (N-methyl/N-ethyl adjacent to an activating group) is 1. The number of nitrogens with zero attached hydrogens (tertiary/aromatic N) is 3. The topological polar surface area (TPSA) is 70.2 Å². The van der Waals surface area contributed by atoms with E-state index in [1.807, 2.05) is 25.8 Å². The second kappa shape index (κ2) is 5.16. The molecular weight excluding hydrogens is 266 g/mol. The fourth-order valence-corrected chi connectivity index (χ4v) is 2.98. The number of rotatable bonds is 3. The molecule has 1 atom stereocenters. The van der Waals surface area contributed by atoms with Crippen LogP contribution < -0.4 is 15.5 Å². The van der Waals surface area contributed by atoms with Gasteiger partial charge in [-0.3, -0.25) is 4.79 Å². The van der Waals surface area contributed by atoms with Crippen LogP contribution in [-0.4, -0.2) is 35.0 Å². The summed E-state index contributed by atoms with van der Waals surface area (Å²) in [4.78, 5) is 22.9. The Labute approximate surface area is 125 Å². The van der Waals surface area contributed by atoms with Gasteiger partial charge in [-0.1, -0.05) is 13.3 Å². The lowest BCUT2D eigenvalue weighted by atomic mass is 9.79. The van der Waals surface area contributed by atoms with Crippen LogP contribution >= 0.6 is 0 Å². The van der Waals surface area contributed by atoms with E-state index in [1.165, 1.54) is 19.3 Å². The highest BCUT2D eigenvalue weighted by Gasteiger charge is 2.32. The van der Waals surface area contributed by atoms with Gasteiger partial charge < -0.3 is 15.5 Å². The van der Waals surface area contributed by atoms with E-state index in [1.54, 1.807) is 0 Å². The van der Waals surface area contributed by atoms with E-state index in [2.05, 4.69) is 27.5 Å². The molecule has 6 nitrogen and oxygen atoms in total. The smallest absolute Gasteiger partial charge is 0.246 e.